The van der Waals surface area contributed by atoms with E-state index >= 15 is 0 Å². The minimum atomic E-state index is -1.82. The molecule has 1 aliphatic heterocycles. The molecule has 5 rings (SSSR count). The molecule has 0 bridgehead atoms. The molecule has 0 aromatic heterocycles. The maximum absolute atomic E-state index is 14.5. The lowest BCUT2D eigenvalue weighted by atomic mass is 9.76. The lowest BCUT2D eigenvalue weighted by Crippen LogP contribution is -2.55. The predicted molar refractivity (Wildman–Crippen MR) is 244 cm³/mol. The number of amides is 2. The van der Waals surface area contributed by atoms with E-state index in [2.05, 4.69) is 64.3 Å². The average molecular weight is 851 g/mol. The fraction of sp³-hybridized carbons (Fsp3) is 0.408. The van der Waals surface area contributed by atoms with Crippen molar-refractivity contribution in [1.82, 2.24) is 4.90 Å². The zero-order chi connectivity index (χ0) is 44.9. The topological polar surface area (TPSA) is 140 Å². The van der Waals surface area contributed by atoms with Crippen molar-refractivity contribution in [2.24, 2.45) is 11.3 Å². The van der Waals surface area contributed by atoms with Gasteiger partial charge in [0.25, 0.3) is 11.8 Å². The number of benzene rings is 4. The molecule has 2 amide bonds. The number of hydrogen-bond acceptors (Lipinski definition) is 7. The number of carbonyl (C=O) groups is 3. The van der Waals surface area contributed by atoms with Crippen LogP contribution in [0.4, 0.5) is 11.4 Å². The van der Waals surface area contributed by atoms with Crippen LogP contribution in [0.3, 0.4) is 0 Å². The Labute approximate surface area is 365 Å². The molecule has 0 saturated carbocycles. The number of nitrogens with one attached hydrogen (secondary N) is 2. The number of ether oxygens (including phenoxy) is 1. The Morgan fingerprint density at radius 3 is 2.00 bits per heavy atom. The van der Waals surface area contributed by atoms with Crippen molar-refractivity contribution in [3.05, 3.63) is 135 Å². The van der Waals surface area contributed by atoms with Crippen molar-refractivity contribution in [3.63, 3.8) is 0 Å². The number of anilines is 2. The quantitative estimate of drug-likeness (QED) is 0.0650. The van der Waals surface area contributed by atoms with Crippen LogP contribution < -0.4 is 15.4 Å². The monoisotopic (exact) mass is 849 g/mol. The van der Waals surface area contributed by atoms with Crippen LogP contribution >= 0.6 is 11.6 Å². The van der Waals surface area contributed by atoms with Gasteiger partial charge in [-0.1, -0.05) is 146 Å². The Kier molecular flexibility index (Phi) is 14.4. The number of carbonyl (C=O) groups excluding carboxylic acids is 3. The Morgan fingerprint density at radius 1 is 0.787 bits per heavy atom. The van der Waals surface area contributed by atoms with Crippen molar-refractivity contribution in [2.45, 2.75) is 112 Å². The van der Waals surface area contributed by atoms with Gasteiger partial charge in [-0.25, -0.2) is 0 Å². The molecule has 1 heterocycles. The summed E-state index contributed by atoms with van der Waals surface area (Å²) in [5.74, 6) is -3.62. The maximum atomic E-state index is 14.5. The van der Waals surface area contributed by atoms with Crippen LogP contribution in [0.5, 0.6) is 5.75 Å². The highest BCUT2D eigenvalue weighted by Crippen LogP contribution is 2.39. The average Bonchev–Trinajstić information content (AvgIpc) is 3.22. The standard InChI is InChI=1S/C49H60ClN5O6/c1-11-39(61-40-27-24-34(48(7,8)12-2)28-36(40)49(9,10)13-3)43(57)51-35-25-26-37(50)38(29-35)52-44(58)41(42(56)47(4,5)6)46-54(59)31-53(30-32-20-16-14-17-21-32)45(55(46)60)33-22-18-15-19-23-33/h14-29,39,41H,11-13,30-31H2,1-10H3,(H,51,57)(H,52,58). The maximum Gasteiger partial charge on any atom is 0.459 e. The van der Waals surface area contributed by atoms with Crippen LogP contribution in [0.25, 0.3) is 0 Å². The van der Waals surface area contributed by atoms with Crippen molar-refractivity contribution >= 4 is 52.2 Å². The molecule has 0 radical (unpaired) electrons. The van der Waals surface area contributed by atoms with Crippen molar-refractivity contribution in [3.8, 4) is 5.75 Å². The summed E-state index contributed by atoms with van der Waals surface area (Å²) in [7, 11) is 0. The molecule has 1 aliphatic rings. The van der Waals surface area contributed by atoms with E-state index in [0.717, 1.165) is 24.0 Å². The number of ketones is 1. The van der Waals surface area contributed by atoms with Gasteiger partial charge in [-0.3, -0.25) is 19.3 Å². The van der Waals surface area contributed by atoms with Crippen LogP contribution in [0.2, 0.25) is 5.02 Å². The van der Waals surface area contributed by atoms with Gasteiger partial charge < -0.3 is 25.8 Å². The third-order valence-corrected chi connectivity index (χ3v) is 12.0. The summed E-state index contributed by atoms with van der Waals surface area (Å²) in [6, 6.07) is 29.0. The van der Waals surface area contributed by atoms with Crippen LogP contribution in [0.1, 0.15) is 111 Å². The summed E-state index contributed by atoms with van der Waals surface area (Å²) in [6.07, 6.45) is 1.34. The number of amidine groups is 2. The van der Waals surface area contributed by atoms with Gasteiger partial charge in [0, 0.05) is 16.7 Å². The predicted octanol–water partition coefficient (Wildman–Crippen LogP) is 10.0. The van der Waals surface area contributed by atoms with E-state index in [0.29, 0.717) is 32.9 Å². The van der Waals surface area contributed by atoms with Gasteiger partial charge in [0.15, 0.2) is 11.9 Å². The fourth-order valence-corrected chi connectivity index (χ4v) is 7.24. The zero-order valence-electron chi connectivity index (χ0n) is 37.1. The van der Waals surface area contributed by atoms with Crippen LogP contribution in [0.15, 0.2) is 97.1 Å². The Bertz CT molecular complexity index is 2300. The van der Waals surface area contributed by atoms with E-state index in [1.807, 2.05) is 43.3 Å². The van der Waals surface area contributed by atoms with E-state index in [1.165, 1.54) is 17.7 Å². The van der Waals surface area contributed by atoms with Gasteiger partial charge in [-0.2, -0.15) is 0 Å². The number of halogens is 1. The summed E-state index contributed by atoms with van der Waals surface area (Å²) < 4.78 is 7.28. The molecule has 11 nitrogen and oxygen atoms in total. The second kappa shape index (κ2) is 18.9. The van der Waals surface area contributed by atoms with Gasteiger partial charge in [-0.05, 0) is 77.6 Å². The largest absolute Gasteiger partial charge is 0.618 e. The molecule has 12 heteroatoms. The number of rotatable bonds is 16. The zero-order valence-corrected chi connectivity index (χ0v) is 37.9. The number of hydroxylamine groups is 2. The molecule has 4 aromatic carbocycles. The number of nitrogens with zero attached hydrogens (tertiary/aromatic N) is 3. The highest BCUT2D eigenvalue weighted by molar-refractivity contribution is 6.34. The van der Waals surface area contributed by atoms with Crippen molar-refractivity contribution in [1.29, 1.82) is 0 Å². The molecular formula is C49H60ClN5O6. The first-order valence-corrected chi connectivity index (χ1v) is 21.4. The van der Waals surface area contributed by atoms with Crippen LogP contribution in [-0.2, 0) is 31.8 Å². The van der Waals surface area contributed by atoms with Crippen LogP contribution in [0, 0.1) is 21.7 Å². The smallest absolute Gasteiger partial charge is 0.459 e. The van der Waals surface area contributed by atoms with Gasteiger partial charge in [-0.15, -0.1) is 4.74 Å². The summed E-state index contributed by atoms with van der Waals surface area (Å²) in [4.78, 5) is 44.1. The minimum Gasteiger partial charge on any atom is -0.618 e. The summed E-state index contributed by atoms with van der Waals surface area (Å²) in [6.45, 7) is 19.7. The molecule has 2 atom stereocenters. The highest BCUT2D eigenvalue weighted by atomic mass is 35.5. The highest BCUT2D eigenvalue weighted by Gasteiger charge is 2.51. The lowest BCUT2D eigenvalue weighted by Gasteiger charge is -2.31. The first-order valence-electron chi connectivity index (χ1n) is 21.0. The Balaban J connectivity index is 1.45. The molecular weight excluding hydrogens is 790 g/mol. The summed E-state index contributed by atoms with van der Waals surface area (Å²) >= 11 is 6.62. The molecule has 0 aliphatic carbocycles. The first kappa shape index (κ1) is 46.4. The van der Waals surface area contributed by atoms with Gasteiger partial charge in [0.2, 0.25) is 12.6 Å². The van der Waals surface area contributed by atoms with E-state index in [4.69, 9.17) is 16.3 Å². The molecule has 324 valence electrons. The van der Waals surface area contributed by atoms with E-state index in [-0.39, 0.29) is 40.6 Å². The second-order valence-electron chi connectivity index (χ2n) is 18.0. The number of hydrogen-bond donors (Lipinski definition) is 2. The normalized spacial score (nSPS) is 14.7. The number of Topliss-reactive ketones (excluding diaryl/α,β-unsaturated/α-hetero) is 1. The SMILES string of the molecule is CCC(Oc1ccc(C(C)(C)CC)cc1C(C)(C)CC)C(=O)Nc1ccc(Cl)c(NC(=O)C(C(=O)C(C)(C)C)C2=[N+]([O-])CN(Cc3ccccc3)C(c3ccccc3)=[N+]2[O-])c1. The molecule has 4 aromatic rings. The molecule has 2 N–H and O–H groups in total. The Hall–Kier alpha value is -5.68. The van der Waals surface area contributed by atoms with Gasteiger partial charge in [0.05, 0.1) is 22.8 Å². The van der Waals surface area contributed by atoms with Crippen LogP contribution in [-0.4, -0.2) is 56.4 Å². The summed E-state index contributed by atoms with van der Waals surface area (Å²) in [5, 5.41) is 34.3. The van der Waals surface area contributed by atoms with Gasteiger partial charge in [0.1, 0.15) is 5.75 Å². The molecule has 0 spiro atoms. The van der Waals surface area contributed by atoms with E-state index in [1.54, 1.807) is 62.1 Å². The van der Waals surface area contributed by atoms with Crippen molar-refractivity contribution in [2.75, 3.05) is 17.3 Å². The van der Waals surface area contributed by atoms with E-state index in [9.17, 15) is 24.8 Å². The molecule has 0 fully saturated rings. The van der Waals surface area contributed by atoms with E-state index < -0.39 is 40.9 Å². The molecule has 0 saturated heterocycles. The first-order chi connectivity index (χ1) is 28.7. The van der Waals surface area contributed by atoms with Gasteiger partial charge >= 0.3 is 11.7 Å². The third-order valence-electron chi connectivity index (χ3n) is 11.7. The van der Waals surface area contributed by atoms with Crippen molar-refractivity contribution < 1.29 is 28.6 Å². The second-order valence-corrected chi connectivity index (χ2v) is 18.4. The minimum absolute atomic E-state index is 0.0362. The third kappa shape index (κ3) is 10.6. The fourth-order valence-electron chi connectivity index (χ4n) is 7.08. The lowest BCUT2D eigenvalue weighted by molar-refractivity contribution is -0.554. The Morgan fingerprint density at radius 2 is 1.41 bits per heavy atom. The molecule has 61 heavy (non-hydrogen) atoms. The summed E-state index contributed by atoms with van der Waals surface area (Å²) in [5.41, 5.74) is 2.56. The molecule has 2 unspecified atom stereocenters.